The molecule has 2 N–H and O–H groups in total. The summed E-state index contributed by atoms with van der Waals surface area (Å²) in [5.74, 6) is 0.406. The Morgan fingerprint density at radius 3 is 2.58 bits per heavy atom. The van der Waals surface area contributed by atoms with Crippen LogP contribution in [0.3, 0.4) is 0 Å². The largest absolute Gasteiger partial charge is 0.289 e. The number of rotatable bonds is 3. The predicted octanol–water partition coefficient (Wildman–Crippen LogP) is 3.33. The first-order valence-corrected chi connectivity index (χ1v) is 6.67. The fourth-order valence-corrected chi connectivity index (χ4v) is 1.92. The quantitative estimate of drug-likeness (QED) is 0.530. The molecule has 19 heavy (non-hydrogen) atoms. The molecule has 1 aromatic heterocycles. The van der Waals surface area contributed by atoms with Gasteiger partial charge in [0.2, 0.25) is 0 Å². The Kier molecular flexibility index (Phi) is 4.35. The van der Waals surface area contributed by atoms with Crippen molar-refractivity contribution in [1.29, 1.82) is 0 Å². The molecule has 0 aliphatic rings. The average Bonchev–Trinajstić information content (AvgIpc) is 2.40. The van der Waals surface area contributed by atoms with Crippen LogP contribution in [0.4, 0.5) is 5.82 Å². The van der Waals surface area contributed by atoms with Crippen LogP contribution in [0.2, 0.25) is 5.02 Å². The molecule has 0 spiro atoms. The van der Waals surface area contributed by atoms with Gasteiger partial charge in [0.05, 0.1) is 11.2 Å². The second-order valence-electron chi connectivity index (χ2n) is 3.87. The van der Waals surface area contributed by atoms with E-state index in [1.165, 1.54) is 6.08 Å². The molecule has 0 saturated carbocycles. The molecular weight excluding hydrogens is 328 g/mol. The van der Waals surface area contributed by atoms with Crippen LogP contribution in [0.25, 0.3) is 6.20 Å². The van der Waals surface area contributed by atoms with E-state index in [0.29, 0.717) is 16.4 Å². The van der Waals surface area contributed by atoms with Crippen molar-refractivity contribution in [3.05, 3.63) is 63.7 Å². The minimum Gasteiger partial charge on any atom is -0.289 e. The van der Waals surface area contributed by atoms with Crippen molar-refractivity contribution in [3.8, 4) is 0 Å². The monoisotopic (exact) mass is 337 g/mol. The number of benzene rings is 1. The maximum atomic E-state index is 11.9. The summed E-state index contributed by atoms with van der Waals surface area (Å²) in [5.41, 5.74) is 6.38. The summed E-state index contributed by atoms with van der Waals surface area (Å²) in [6, 6.07) is 10.5. The number of pyridine rings is 1. The standard InChI is InChI=1S/C14H10BrClN2O/c15-11-3-1-10(2-4-11)13(19)7-8-18-9-12(16)5-6-14(18)17/h1-9,17H/p+1/b8-7+. The van der Waals surface area contributed by atoms with Crippen molar-refractivity contribution in [2.75, 3.05) is 5.73 Å². The van der Waals surface area contributed by atoms with Crippen LogP contribution in [0.5, 0.6) is 0 Å². The summed E-state index contributed by atoms with van der Waals surface area (Å²) >= 11 is 9.19. The van der Waals surface area contributed by atoms with E-state index >= 15 is 0 Å². The molecule has 0 fully saturated rings. The Bertz CT molecular complexity index is 638. The third-order valence-electron chi connectivity index (χ3n) is 2.49. The lowest BCUT2D eigenvalue weighted by atomic mass is 10.1. The first kappa shape index (κ1) is 13.8. The highest BCUT2D eigenvalue weighted by Gasteiger charge is 2.04. The first-order chi connectivity index (χ1) is 9.06. The lowest BCUT2D eigenvalue weighted by molar-refractivity contribution is -0.552. The zero-order valence-electron chi connectivity index (χ0n) is 9.88. The van der Waals surface area contributed by atoms with Crippen molar-refractivity contribution in [2.24, 2.45) is 0 Å². The third kappa shape index (κ3) is 3.66. The zero-order chi connectivity index (χ0) is 13.8. The van der Waals surface area contributed by atoms with Crippen LogP contribution < -0.4 is 10.3 Å². The maximum Gasteiger partial charge on any atom is 0.277 e. The lowest BCUT2D eigenvalue weighted by Gasteiger charge is -1.98. The third-order valence-corrected chi connectivity index (χ3v) is 3.24. The number of nitrogens with two attached hydrogens (primary N) is 1. The predicted molar refractivity (Wildman–Crippen MR) is 79.9 cm³/mol. The molecule has 3 nitrogen and oxygen atoms in total. The van der Waals surface area contributed by atoms with Crippen molar-refractivity contribution < 1.29 is 9.36 Å². The average molecular weight is 339 g/mol. The molecule has 0 amide bonds. The lowest BCUT2D eigenvalue weighted by Crippen LogP contribution is -2.30. The normalized spacial score (nSPS) is 10.8. The molecule has 0 aliphatic carbocycles. The molecule has 1 aromatic carbocycles. The molecular formula is C14H11BrClN2O+. The van der Waals surface area contributed by atoms with Crippen LogP contribution in [0, 0.1) is 0 Å². The number of nitrogens with zero attached hydrogens (tertiary/aromatic N) is 1. The maximum absolute atomic E-state index is 11.9. The number of halogens is 2. The highest BCUT2D eigenvalue weighted by Crippen LogP contribution is 2.11. The Morgan fingerprint density at radius 2 is 1.89 bits per heavy atom. The first-order valence-electron chi connectivity index (χ1n) is 5.50. The number of aromatic nitrogens is 1. The summed E-state index contributed by atoms with van der Waals surface area (Å²) in [5, 5.41) is 0.551. The van der Waals surface area contributed by atoms with Gasteiger partial charge in [-0.05, 0) is 30.3 Å². The molecule has 0 unspecified atom stereocenters. The smallest absolute Gasteiger partial charge is 0.277 e. The van der Waals surface area contributed by atoms with Gasteiger partial charge in [0, 0.05) is 22.2 Å². The molecule has 0 bridgehead atoms. The van der Waals surface area contributed by atoms with E-state index in [9.17, 15) is 4.79 Å². The van der Waals surface area contributed by atoms with Gasteiger partial charge in [0.25, 0.3) is 5.82 Å². The van der Waals surface area contributed by atoms with E-state index < -0.39 is 0 Å². The Hall–Kier alpha value is -1.65. The second kappa shape index (κ2) is 5.99. The molecule has 5 heteroatoms. The van der Waals surface area contributed by atoms with Crippen LogP contribution in [0.1, 0.15) is 10.4 Å². The van der Waals surface area contributed by atoms with Crippen molar-refractivity contribution in [3.63, 3.8) is 0 Å². The van der Waals surface area contributed by atoms with E-state index in [1.54, 1.807) is 41.2 Å². The van der Waals surface area contributed by atoms with Crippen molar-refractivity contribution >= 4 is 45.3 Å². The van der Waals surface area contributed by atoms with Crippen LogP contribution in [-0.2, 0) is 0 Å². The SMILES string of the molecule is Nc1ccc(Cl)c[n+]1/C=C/C(=O)c1ccc(Br)cc1. The summed E-state index contributed by atoms with van der Waals surface area (Å²) in [6.07, 6.45) is 4.68. The van der Waals surface area contributed by atoms with Gasteiger partial charge in [-0.2, -0.15) is 0 Å². The number of anilines is 1. The van der Waals surface area contributed by atoms with E-state index in [0.717, 1.165) is 4.47 Å². The van der Waals surface area contributed by atoms with E-state index in [1.807, 2.05) is 12.1 Å². The highest BCUT2D eigenvalue weighted by molar-refractivity contribution is 9.10. The molecule has 0 radical (unpaired) electrons. The van der Waals surface area contributed by atoms with Crippen LogP contribution in [0.15, 0.2) is 53.1 Å². The van der Waals surface area contributed by atoms with Gasteiger partial charge in [-0.1, -0.05) is 27.5 Å². The molecule has 0 atom stereocenters. The van der Waals surface area contributed by atoms with E-state index in [2.05, 4.69) is 15.9 Å². The molecule has 2 aromatic rings. The Morgan fingerprint density at radius 1 is 1.21 bits per heavy atom. The van der Waals surface area contributed by atoms with Crippen LogP contribution in [-0.4, -0.2) is 5.78 Å². The van der Waals surface area contributed by atoms with Crippen LogP contribution >= 0.6 is 27.5 Å². The number of hydrogen-bond donors (Lipinski definition) is 1. The molecule has 96 valence electrons. The molecule has 0 saturated heterocycles. The minimum absolute atomic E-state index is 0.0978. The van der Waals surface area contributed by atoms with Crippen molar-refractivity contribution in [2.45, 2.75) is 0 Å². The summed E-state index contributed by atoms with van der Waals surface area (Å²) < 4.78 is 2.53. The van der Waals surface area contributed by atoms with Gasteiger partial charge in [0.1, 0.15) is 6.20 Å². The molecule has 0 aliphatic heterocycles. The number of nitrogen functional groups attached to an aromatic ring is 1. The number of ketones is 1. The summed E-state index contributed by atoms with van der Waals surface area (Å²) in [6.45, 7) is 0. The van der Waals surface area contributed by atoms with Gasteiger partial charge < -0.3 is 0 Å². The fourth-order valence-electron chi connectivity index (χ4n) is 1.49. The fraction of sp³-hybridized carbons (Fsp3) is 0. The summed E-state index contributed by atoms with van der Waals surface area (Å²) in [4.78, 5) is 11.9. The topological polar surface area (TPSA) is 47.0 Å². The van der Waals surface area contributed by atoms with Gasteiger partial charge in [-0.25, -0.2) is 4.57 Å². The molecule has 1 heterocycles. The van der Waals surface area contributed by atoms with E-state index in [4.69, 9.17) is 17.3 Å². The highest BCUT2D eigenvalue weighted by atomic mass is 79.9. The number of allylic oxidation sites excluding steroid dienone is 1. The second-order valence-corrected chi connectivity index (χ2v) is 5.22. The van der Waals surface area contributed by atoms with Gasteiger partial charge >= 0.3 is 0 Å². The molecule has 2 rings (SSSR count). The van der Waals surface area contributed by atoms with Gasteiger partial charge in [-0.15, -0.1) is 0 Å². The number of carbonyl (C=O) groups is 1. The van der Waals surface area contributed by atoms with E-state index in [-0.39, 0.29) is 5.78 Å². The Labute approximate surface area is 124 Å². The van der Waals surface area contributed by atoms with Gasteiger partial charge in [-0.3, -0.25) is 10.5 Å². The number of hydrogen-bond acceptors (Lipinski definition) is 2. The summed E-state index contributed by atoms with van der Waals surface area (Å²) in [7, 11) is 0. The van der Waals surface area contributed by atoms with Crippen molar-refractivity contribution in [1.82, 2.24) is 0 Å². The minimum atomic E-state index is -0.0978. The zero-order valence-corrected chi connectivity index (χ0v) is 12.2. The Balaban J connectivity index is 2.20. The van der Waals surface area contributed by atoms with Gasteiger partial charge in [0.15, 0.2) is 5.78 Å². The number of carbonyl (C=O) groups excluding carboxylic acids is 1.